The normalized spacial score (nSPS) is 12.5. The second-order valence-electron chi connectivity index (χ2n) is 4.72. The molecule has 2 aromatic heterocycles. The molecule has 0 spiro atoms. The second kappa shape index (κ2) is 7.10. The van der Waals surface area contributed by atoms with Crippen LogP contribution in [0.1, 0.15) is 43.2 Å². The highest BCUT2D eigenvalue weighted by atomic mass is 16.3. The SMILES string of the molecule is CCCNC(Cc1ccco1)c1ccncc1CC. The Hall–Kier alpha value is -1.61. The van der Waals surface area contributed by atoms with Crippen molar-refractivity contribution in [2.45, 2.75) is 39.2 Å². The Labute approximate surface area is 115 Å². The van der Waals surface area contributed by atoms with E-state index >= 15 is 0 Å². The first-order valence-electron chi connectivity index (χ1n) is 7.03. The molecule has 2 heterocycles. The first kappa shape index (κ1) is 13.8. The second-order valence-corrected chi connectivity index (χ2v) is 4.72. The van der Waals surface area contributed by atoms with E-state index in [1.807, 2.05) is 24.5 Å². The summed E-state index contributed by atoms with van der Waals surface area (Å²) in [5.74, 6) is 1.02. The zero-order valence-corrected chi connectivity index (χ0v) is 11.7. The summed E-state index contributed by atoms with van der Waals surface area (Å²) in [6, 6.07) is 6.39. The molecule has 0 aliphatic heterocycles. The standard InChI is InChI=1S/C16H22N2O/c1-3-8-18-16(11-14-6-5-10-19-14)15-7-9-17-12-13(15)4-2/h5-7,9-10,12,16,18H,3-4,8,11H2,1-2H3. The van der Waals surface area contributed by atoms with E-state index in [9.17, 15) is 0 Å². The van der Waals surface area contributed by atoms with Crippen LogP contribution in [-0.4, -0.2) is 11.5 Å². The van der Waals surface area contributed by atoms with Gasteiger partial charge in [-0.3, -0.25) is 4.98 Å². The van der Waals surface area contributed by atoms with Crippen molar-refractivity contribution in [1.82, 2.24) is 10.3 Å². The van der Waals surface area contributed by atoms with Gasteiger partial charge in [-0.15, -0.1) is 0 Å². The van der Waals surface area contributed by atoms with Gasteiger partial charge in [0.2, 0.25) is 0 Å². The van der Waals surface area contributed by atoms with E-state index in [4.69, 9.17) is 4.42 Å². The van der Waals surface area contributed by atoms with Crippen molar-refractivity contribution < 1.29 is 4.42 Å². The van der Waals surface area contributed by atoms with Crippen molar-refractivity contribution in [2.75, 3.05) is 6.54 Å². The maximum absolute atomic E-state index is 5.48. The average molecular weight is 258 g/mol. The number of nitrogens with zero attached hydrogens (tertiary/aromatic N) is 1. The zero-order valence-electron chi connectivity index (χ0n) is 11.7. The molecule has 0 fully saturated rings. The first-order valence-corrected chi connectivity index (χ1v) is 7.03. The van der Waals surface area contributed by atoms with Gasteiger partial charge in [0.05, 0.1) is 6.26 Å². The molecule has 0 aliphatic carbocycles. The number of furan rings is 1. The molecule has 0 aliphatic rings. The smallest absolute Gasteiger partial charge is 0.105 e. The van der Waals surface area contributed by atoms with E-state index in [-0.39, 0.29) is 0 Å². The number of hydrogen-bond donors (Lipinski definition) is 1. The summed E-state index contributed by atoms with van der Waals surface area (Å²) in [7, 11) is 0. The van der Waals surface area contributed by atoms with Crippen LogP contribution < -0.4 is 5.32 Å². The van der Waals surface area contributed by atoms with Crippen LogP contribution in [0.5, 0.6) is 0 Å². The fraction of sp³-hybridized carbons (Fsp3) is 0.438. The van der Waals surface area contributed by atoms with Gasteiger partial charge >= 0.3 is 0 Å². The van der Waals surface area contributed by atoms with Crippen molar-refractivity contribution in [3.63, 3.8) is 0 Å². The fourth-order valence-electron chi connectivity index (χ4n) is 2.31. The predicted molar refractivity (Wildman–Crippen MR) is 77.1 cm³/mol. The number of hydrogen-bond acceptors (Lipinski definition) is 3. The zero-order chi connectivity index (χ0) is 13.5. The van der Waals surface area contributed by atoms with Gasteiger partial charge in [0, 0.05) is 24.9 Å². The molecule has 3 heteroatoms. The lowest BCUT2D eigenvalue weighted by atomic mass is 9.97. The van der Waals surface area contributed by atoms with Crippen molar-refractivity contribution in [2.24, 2.45) is 0 Å². The molecular formula is C16H22N2O. The molecule has 1 N–H and O–H groups in total. The van der Waals surface area contributed by atoms with Gasteiger partial charge < -0.3 is 9.73 Å². The van der Waals surface area contributed by atoms with E-state index in [0.717, 1.165) is 31.6 Å². The molecular weight excluding hydrogens is 236 g/mol. The Morgan fingerprint density at radius 1 is 1.32 bits per heavy atom. The quantitative estimate of drug-likeness (QED) is 0.825. The summed E-state index contributed by atoms with van der Waals surface area (Å²) in [6.07, 6.45) is 8.59. The molecule has 0 saturated heterocycles. The molecule has 1 unspecified atom stereocenters. The van der Waals surface area contributed by atoms with Crippen LogP contribution in [0.2, 0.25) is 0 Å². The van der Waals surface area contributed by atoms with Crippen LogP contribution >= 0.6 is 0 Å². The minimum atomic E-state index is 0.295. The van der Waals surface area contributed by atoms with Gasteiger partial charge in [-0.05, 0) is 48.7 Å². The van der Waals surface area contributed by atoms with E-state index < -0.39 is 0 Å². The van der Waals surface area contributed by atoms with Crippen LogP contribution in [0.25, 0.3) is 0 Å². The summed E-state index contributed by atoms with van der Waals surface area (Å²) >= 11 is 0. The molecule has 3 nitrogen and oxygen atoms in total. The lowest BCUT2D eigenvalue weighted by Crippen LogP contribution is -2.25. The minimum Gasteiger partial charge on any atom is -0.469 e. The van der Waals surface area contributed by atoms with Gasteiger partial charge in [-0.1, -0.05) is 13.8 Å². The van der Waals surface area contributed by atoms with Crippen LogP contribution in [-0.2, 0) is 12.8 Å². The highest BCUT2D eigenvalue weighted by molar-refractivity contribution is 5.28. The highest BCUT2D eigenvalue weighted by Crippen LogP contribution is 2.22. The fourth-order valence-corrected chi connectivity index (χ4v) is 2.31. The topological polar surface area (TPSA) is 38.1 Å². The van der Waals surface area contributed by atoms with Crippen molar-refractivity contribution >= 4 is 0 Å². The van der Waals surface area contributed by atoms with E-state index in [2.05, 4.69) is 30.2 Å². The van der Waals surface area contributed by atoms with Crippen LogP contribution in [0.15, 0.2) is 41.3 Å². The third-order valence-electron chi connectivity index (χ3n) is 3.32. The van der Waals surface area contributed by atoms with Crippen LogP contribution in [0.3, 0.4) is 0 Å². The van der Waals surface area contributed by atoms with Crippen LogP contribution in [0.4, 0.5) is 0 Å². The molecule has 102 valence electrons. The number of rotatable bonds is 7. The van der Waals surface area contributed by atoms with E-state index in [0.29, 0.717) is 6.04 Å². The predicted octanol–water partition coefficient (Wildman–Crippen LogP) is 3.52. The van der Waals surface area contributed by atoms with Crippen molar-refractivity contribution in [3.8, 4) is 0 Å². The monoisotopic (exact) mass is 258 g/mol. The third kappa shape index (κ3) is 3.67. The number of pyridine rings is 1. The van der Waals surface area contributed by atoms with E-state index in [1.54, 1.807) is 6.26 Å². The van der Waals surface area contributed by atoms with Gasteiger partial charge in [0.25, 0.3) is 0 Å². The molecule has 1 atom stereocenters. The molecule has 19 heavy (non-hydrogen) atoms. The highest BCUT2D eigenvalue weighted by Gasteiger charge is 2.15. The molecule has 0 aromatic carbocycles. The van der Waals surface area contributed by atoms with Crippen molar-refractivity contribution in [1.29, 1.82) is 0 Å². The Morgan fingerprint density at radius 3 is 2.89 bits per heavy atom. The van der Waals surface area contributed by atoms with Gasteiger partial charge in [-0.2, -0.15) is 0 Å². The van der Waals surface area contributed by atoms with Gasteiger partial charge in [0.15, 0.2) is 0 Å². The third-order valence-corrected chi connectivity index (χ3v) is 3.32. The molecule has 2 rings (SSSR count). The largest absolute Gasteiger partial charge is 0.469 e. The average Bonchev–Trinajstić information content (AvgIpc) is 2.96. The number of aryl methyl sites for hydroxylation is 1. The van der Waals surface area contributed by atoms with E-state index in [1.165, 1.54) is 11.1 Å². The minimum absolute atomic E-state index is 0.295. The summed E-state index contributed by atoms with van der Waals surface area (Å²) in [6.45, 7) is 5.37. The van der Waals surface area contributed by atoms with Crippen molar-refractivity contribution in [3.05, 3.63) is 53.7 Å². The number of aromatic nitrogens is 1. The molecule has 0 saturated carbocycles. The molecule has 0 amide bonds. The first-order chi connectivity index (χ1) is 9.35. The molecule has 0 bridgehead atoms. The summed E-state index contributed by atoms with van der Waals surface area (Å²) in [5.41, 5.74) is 2.64. The lowest BCUT2D eigenvalue weighted by molar-refractivity contribution is 0.447. The summed E-state index contributed by atoms with van der Waals surface area (Å²) < 4.78 is 5.48. The Morgan fingerprint density at radius 2 is 2.21 bits per heavy atom. The summed E-state index contributed by atoms with van der Waals surface area (Å²) in [4.78, 5) is 4.22. The molecule has 0 radical (unpaired) electrons. The maximum Gasteiger partial charge on any atom is 0.105 e. The van der Waals surface area contributed by atoms with Gasteiger partial charge in [-0.25, -0.2) is 0 Å². The lowest BCUT2D eigenvalue weighted by Gasteiger charge is -2.20. The Bertz CT molecular complexity index is 479. The number of nitrogens with one attached hydrogen (secondary N) is 1. The van der Waals surface area contributed by atoms with Crippen LogP contribution in [0, 0.1) is 0 Å². The maximum atomic E-state index is 5.48. The Balaban J connectivity index is 2.20. The Kier molecular flexibility index (Phi) is 5.16. The summed E-state index contributed by atoms with van der Waals surface area (Å²) in [5, 5.41) is 3.61. The van der Waals surface area contributed by atoms with Gasteiger partial charge in [0.1, 0.15) is 5.76 Å². The molecule has 2 aromatic rings.